The summed E-state index contributed by atoms with van der Waals surface area (Å²) in [5, 5.41) is 14.6. The molecule has 0 aliphatic carbocycles. The van der Waals surface area contributed by atoms with E-state index < -0.39 is 6.10 Å². The molecule has 1 amide bonds. The predicted octanol–water partition coefficient (Wildman–Crippen LogP) is -0.229. The van der Waals surface area contributed by atoms with Crippen molar-refractivity contribution >= 4 is 17.4 Å². The molecular weight excluding hydrogens is 208 g/mol. The van der Waals surface area contributed by atoms with Crippen LogP contribution in [0.5, 0.6) is 0 Å². The molecule has 6 nitrogen and oxygen atoms in total. The van der Waals surface area contributed by atoms with E-state index in [0.29, 0.717) is 18.1 Å². The molecule has 16 heavy (non-hydrogen) atoms. The number of nitrogens with two attached hydrogens (primary N) is 1. The molecule has 0 aliphatic heterocycles. The summed E-state index contributed by atoms with van der Waals surface area (Å²) in [6, 6.07) is 3.43. The van der Waals surface area contributed by atoms with Crippen LogP contribution >= 0.6 is 0 Å². The summed E-state index contributed by atoms with van der Waals surface area (Å²) < 4.78 is 0. The number of nitrogens with zero attached hydrogens (tertiary/aromatic N) is 1. The topological polar surface area (TPSA) is 100 Å². The lowest BCUT2D eigenvalue weighted by molar-refractivity contribution is -0.114. The second-order valence-electron chi connectivity index (χ2n) is 3.41. The van der Waals surface area contributed by atoms with E-state index in [4.69, 9.17) is 10.8 Å². The van der Waals surface area contributed by atoms with Crippen LogP contribution in [-0.4, -0.2) is 35.2 Å². The van der Waals surface area contributed by atoms with Gasteiger partial charge in [-0.2, -0.15) is 0 Å². The van der Waals surface area contributed by atoms with Crippen LogP contribution in [0.15, 0.2) is 18.3 Å². The van der Waals surface area contributed by atoms with Crippen molar-refractivity contribution in [3.05, 3.63) is 18.3 Å². The first-order chi connectivity index (χ1) is 7.61. The number of aliphatic hydroxyl groups is 1. The molecule has 1 heterocycles. The van der Waals surface area contributed by atoms with Crippen LogP contribution in [0, 0.1) is 0 Å². The molecule has 0 aliphatic rings. The molecule has 0 saturated carbocycles. The lowest BCUT2D eigenvalue weighted by Gasteiger charge is -2.08. The van der Waals surface area contributed by atoms with Crippen molar-refractivity contribution in [2.75, 3.05) is 23.7 Å². The first-order valence-electron chi connectivity index (χ1n) is 4.99. The lowest BCUT2D eigenvalue weighted by atomic mass is 10.3. The van der Waals surface area contributed by atoms with Gasteiger partial charge in [0.1, 0.15) is 5.82 Å². The van der Waals surface area contributed by atoms with Crippen LogP contribution in [0.3, 0.4) is 0 Å². The zero-order valence-corrected chi connectivity index (χ0v) is 9.10. The number of aliphatic hydroxyl groups excluding tert-OH is 1. The Labute approximate surface area is 93.9 Å². The summed E-state index contributed by atoms with van der Waals surface area (Å²) in [6.07, 6.45) is 1.09. The van der Waals surface area contributed by atoms with Crippen LogP contribution in [0.4, 0.5) is 11.5 Å². The molecule has 88 valence electrons. The van der Waals surface area contributed by atoms with Gasteiger partial charge in [0.05, 0.1) is 24.5 Å². The first-order valence-corrected chi connectivity index (χ1v) is 4.99. The average molecular weight is 224 g/mol. The molecule has 0 radical (unpaired) electrons. The van der Waals surface area contributed by atoms with Gasteiger partial charge in [0.2, 0.25) is 5.91 Å². The highest BCUT2D eigenvalue weighted by Gasteiger charge is 2.00. The number of carbonyl (C=O) groups excluding carboxylic acids is 1. The van der Waals surface area contributed by atoms with Crippen molar-refractivity contribution < 1.29 is 9.90 Å². The van der Waals surface area contributed by atoms with E-state index in [1.54, 1.807) is 19.1 Å². The van der Waals surface area contributed by atoms with Gasteiger partial charge in [-0.1, -0.05) is 0 Å². The fourth-order valence-corrected chi connectivity index (χ4v) is 1.04. The molecule has 0 fully saturated rings. The number of aromatic nitrogens is 1. The number of rotatable bonds is 5. The number of hydrogen-bond acceptors (Lipinski definition) is 5. The second-order valence-corrected chi connectivity index (χ2v) is 3.41. The monoisotopic (exact) mass is 224 g/mol. The molecule has 1 unspecified atom stereocenters. The number of amides is 1. The maximum Gasteiger partial charge on any atom is 0.238 e. The lowest BCUT2D eigenvalue weighted by Crippen LogP contribution is -2.22. The Balaban J connectivity index is 2.51. The fourth-order valence-electron chi connectivity index (χ4n) is 1.04. The van der Waals surface area contributed by atoms with Crippen LogP contribution in [0.1, 0.15) is 6.92 Å². The van der Waals surface area contributed by atoms with Gasteiger partial charge in [-0.15, -0.1) is 0 Å². The number of carbonyl (C=O) groups is 1. The largest absolute Gasteiger partial charge is 0.392 e. The minimum atomic E-state index is -0.432. The SMILES string of the molecule is CC(O)CNc1ccc(NC(=O)CN)cn1. The van der Waals surface area contributed by atoms with Gasteiger partial charge in [-0.05, 0) is 19.1 Å². The Morgan fingerprint density at radius 2 is 2.38 bits per heavy atom. The van der Waals surface area contributed by atoms with Gasteiger partial charge >= 0.3 is 0 Å². The maximum absolute atomic E-state index is 11.0. The zero-order chi connectivity index (χ0) is 12.0. The highest BCUT2D eigenvalue weighted by molar-refractivity contribution is 5.91. The molecule has 0 saturated heterocycles. The zero-order valence-electron chi connectivity index (χ0n) is 9.10. The van der Waals surface area contributed by atoms with Crippen molar-refractivity contribution in [1.29, 1.82) is 0 Å². The molecule has 1 rings (SSSR count). The van der Waals surface area contributed by atoms with Gasteiger partial charge in [-0.25, -0.2) is 4.98 Å². The van der Waals surface area contributed by atoms with E-state index in [9.17, 15) is 4.79 Å². The quantitative estimate of drug-likeness (QED) is 0.553. The number of nitrogens with one attached hydrogen (secondary N) is 2. The minimum absolute atomic E-state index is 0.0535. The fraction of sp³-hybridized carbons (Fsp3) is 0.400. The summed E-state index contributed by atoms with van der Waals surface area (Å²) in [7, 11) is 0. The number of pyridine rings is 1. The predicted molar refractivity (Wildman–Crippen MR) is 62.1 cm³/mol. The number of hydrogen-bond donors (Lipinski definition) is 4. The third kappa shape index (κ3) is 4.24. The Morgan fingerprint density at radius 1 is 1.62 bits per heavy atom. The number of anilines is 2. The van der Waals surface area contributed by atoms with Crippen molar-refractivity contribution in [3.63, 3.8) is 0 Å². The summed E-state index contributed by atoms with van der Waals surface area (Å²) in [6.45, 7) is 2.06. The Hall–Kier alpha value is -1.66. The van der Waals surface area contributed by atoms with Gasteiger partial charge in [0.25, 0.3) is 0 Å². The molecule has 0 spiro atoms. The second kappa shape index (κ2) is 6.04. The van der Waals surface area contributed by atoms with Crippen LogP contribution < -0.4 is 16.4 Å². The van der Waals surface area contributed by atoms with Crippen LogP contribution in [-0.2, 0) is 4.79 Å². The third-order valence-electron chi connectivity index (χ3n) is 1.81. The normalized spacial score (nSPS) is 11.9. The van der Waals surface area contributed by atoms with E-state index in [1.165, 1.54) is 6.20 Å². The standard InChI is InChI=1S/C10H16N4O2/c1-7(15)5-12-9-3-2-8(6-13-9)14-10(16)4-11/h2-3,6-7,15H,4-5,11H2,1H3,(H,12,13)(H,14,16). The summed E-state index contributed by atoms with van der Waals surface area (Å²) in [5.74, 6) is 0.387. The maximum atomic E-state index is 11.0. The Bertz CT molecular complexity index is 337. The summed E-state index contributed by atoms with van der Waals surface area (Å²) in [5.41, 5.74) is 5.75. The van der Waals surface area contributed by atoms with E-state index >= 15 is 0 Å². The molecule has 1 aromatic heterocycles. The van der Waals surface area contributed by atoms with Crippen molar-refractivity contribution in [2.24, 2.45) is 5.73 Å². The van der Waals surface area contributed by atoms with Gasteiger partial charge in [-0.3, -0.25) is 4.79 Å². The van der Waals surface area contributed by atoms with E-state index in [-0.39, 0.29) is 12.5 Å². The summed E-state index contributed by atoms with van der Waals surface area (Å²) in [4.78, 5) is 15.0. The van der Waals surface area contributed by atoms with Crippen molar-refractivity contribution in [1.82, 2.24) is 4.98 Å². The highest BCUT2D eigenvalue weighted by atomic mass is 16.3. The van der Waals surface area contributed by atoms with Gasteiger partial charge in [0.15, 0.2) is 0 Å². The van der Waals surface area contributed by atoms with Crippen molar-refractivity contribution in [2.45, 2.75) is 13.0 Å². The average Bonchev–Trinajstić information content (AvgIpc) is 2.28. The molecule has 1 aromatic rings. The molecule has 0 bridgehead atoms. The van der Waals surface area contributed by atoms with E-state index in [1.807, 2.05) is 0 Å². The molecular formula is C10H16N4O2. The van der Waals surface area contributed by atoms with Crippen LogP contribution in [0.2, 0.25) is 0 Å². The van der Waals surface area contributed by atoms with E-state index in [2.05, 4.69) is 15.6 Å². The molecule has 5 N–H and O–H groups in total. The van der Waals surface area contributed by atoms with Crippen LogP contribution in [0.25, 0.3) is 0 Å². The highest BCUT2D eigenvalue weighted by Crippen LogP contribution is 2.09. The minimum Gasteiger partial charge on any atom is -0.392 e. The van der Waals surface area contributed by atoms with E-state index in [0.717, 1.165) is 0 Å². The third-order valence-corrected chi connectivity index (χ3v) is 1.81. The Morgan fingerprint density at radius 3 is 2.88 bits per heavy atom. The molecule has 1 atom stereocenters. The first kappa shape index (κ1) is 12.4. The smallest absolute Gasteiger partial charge is 0.238 e. The Kier molecular flexibility index (Phi) is 4.68. The van der Waals surface area contributed by atoms with Crippen molar-refractivity contribution in [3.8, 4) is 0 Å². The summed E-state index contributed by atoms with van der Waals surface area (Å²) >= 11 is 0. The van der Waals surface area contributed by atoms with Gasteiger partial charge in [0, 0.05) is 6.54 Å². The van der Waals surface area contributed by atoms with Gasteiger partial charge < -0.3 is 21.5 Å². The molecule has 0 aromatic carbocycles. The molecule has 6 heteroatoms.